The third-order valence-electron chi connectivity index (χ3n) is 4.06. The highest BCUT2D eigenvalue weighted by Gasteiger charge is 2.35. The lowest BCUT2D eigenvalue weighted by molar-refractivity contribution is 0.230. The Bertz CT molecular complexity index is 348. The van der Waals surface area contributed by atoms with Crippen molar-refractivity contribution in [1.29, 1.82) is 0 Å². The summed E-state index contributed by atoms with van der Waals surface area (Å²) in [4.78, 5) is 0. The number of phenolic OH excluding ortho intramolecular Hbond substituents is 1. The van der Waals surface area contributed by atoms with Gasteiger partial charge in [0.2, 0.25) is 0 Å². The van der Waals surface area contributed by atoms with Crippen LogP contribution in [0.25, 0.3) is 0 Å². The molecule has 1 unspecified atom stereocenters. The van der Waals surface area contributed by atoms with Crippen LogP contribution in [0.2, 0.25) is 0 Å². The zero-order chi connectivity index (χ0) is 12.3. The molecule has 1 heterocycles. The Morgan fingerprint density at radius 2 is 1.82 bits per heavy atom. The summed E-state index contributed by atoms with van der Waals surface area (Å²) in [6.07, 6.45) is 5.06. The molecule has 2 heteroatoms. The van der Waals surface area contributed by atoms with E-state index in [0.717, 1.165) is 6.54 Å². The van der Waals surface area contributed by atoms with Gasteiger partial charge in [0.05, 0.1) is 0 Å². The first-order valence-corrected chi connectivity index (χ1v) is 6.70. The molecule has 2 N–H and O–H groups in total. The van der Waals surface area contributed by atoms with Crippen molar-refractivity contribution in [3.8, 4) is 5.75 Å². The summed E-state index contributed by atoms with van der Waals surface area (Å²) in [7, 11) is 0. The normalized spacial score (nSPS) is 25.8. The molecule has 0 bridgehead atoms. The lowest BCUT2D eigenvalue weighted by atomic mass is 9.76. The summed E-state index contributed by atoms with van der Waals surface area (Å²) in [5.74, 6) is 0.909. The summed E-state index contributed by atoms with van der Waals surface area (Å²) >= 11 is 0. The highest BCUT2D eigenvalue weighted by Crippen LogP contribution is 2.37. The van der Waals surface area contributed by atoms with Crippen LogP contribution in [0.1, 0.15) is 45.1 Å². The molecule has 94 valence electrons. The van der Waals surface area contributed by atoms with E-state index in [-0.39, 0.29) is 5.54 Å². The molecule has 1 fully saturated rings. The predicted molar refractivity (Wildman–Crippen MR) is 71.1 cm³/mol. The highest BCUT2D eigenvalue weighted by molar-refractivity contribution is 5.32. The molecular weight excluding hydrogens is 210 g/mol. The van der Waals surface area contributed by atoms with Crippen LogP contribution in [0.15, 0.2) is 24.3 Å². The summed E-state index contributed by atoms with van der Waals surface area (Å²) in [5, 5.41) is 13.2. The van der Waals surface area contributed by atoms with Crippen molar-refractivity contribution in [3.05, 3.63) is 29.8 Å². The van der Waals surface area contributed by atoms with E-state index in [0.29, 0.717) is 11.7 Å². The fourth-order valence-electron chi connectivity index (χ4n) is 2.94. The molecule has 1 atom stereocenters. The van der Waals surface area contributed by atoms with Gasteiger partial charge in [-0.1, -0.05) is 38.8 Å². The third kappa shape index (κ3) is 2.47. The molecule has 0 aliphatic carbocycles. The Labute approximate surface area is 104 Å². The largest absolute Gasteiger partial charge is 0.508 e. The fraction of sp³-hybridized carbons (Fsp3) is 0.600. The Balaban J connectivity index is 2.35. The van der Waals surface area contributed by atoms with Crippen LogP contribution in [0, 0.1) is 5.92 Å². The smallest absolute Gasteiger partial charge is 0.115 e. The molecule has 1 aliphatic heterocycles. The van der Waals surface area contributed by atoms with Crippen LogP contribution in [0.3, 0.4) is 0 Å². The number of hydrogen-bond acceptors (Lipinski definition) is 2. The summed E-state index contributed by atoms with van der Waals surface area (Å²) in [6, 6.07) is 7.72. The van der Waals surface area contributed by atoms with Gasteiger partial charge in [-0.05, 0) is 43.0 Å². The number of benzene rings is 1. The van der Waals surface area contributed by atoms with Gasteiger partial charge in [0.1, 0.15) is 5.75 Å². The molecule has 2 rings (SSSR count). The minimum Gasteiger partial charge on any atom is -0.508 e. The molecule has 0 radical (unpaired) electrons. The maximum Gasteiger partial charge on any atom is 0.115 e. The molecule has 0 spiro atoms. The minimum absolute atomic E-state index is 0.0875. The summed E-state index contributed by atoms with van der Waals surface area (Å²) in [6.45, 7) is 5.66. The molecule has 1 aromatic carbocycles. The molecule has 2 nitrogen and oxygen atoms in total. The molecule has 0 aromatic heterocycles. The second-order valence-corrected chi connectivity index (χ2v) is 5.41. The van der Waals surface area contributed by atoms with Gasteiger partial charge in [0, 0.05) is 5.54 Å². The van der Waals surface area contributed by atoms with Crippen molar-refractivity contribution >= 4 is 0 Å². The SMILES string of the molecule is CC(C)C1(c2ccc(O)cc2)CCCCCN1. The zero-order valence-electron chi connectivity index (χ0n) is 10.9. The quantitative estimate of drug-likeness (QED) is 0.820. The van der Waals surface area contributed by atoms with Gasteiger partial charge >= 0.3 is 0 Å². The standard InChI is InChI=1S/C15H23NO/c1-12(2)15(10-4-3-5-11-16-15)13-6-8-14(17)9-7-13/h6-9,12,16-17H,3-5,10-11H2,1-2H3. The van der Waals surface area contributed by atoms with Gasteiger partial charge in [-0.25, -0.2) is 0 Å². The van der Waals surface area contributed by atoms with Crippen molar-refractivity contribution in [1.82, 2.24) is 5.32 Å². The summed E-state index contributed by atoms with van der Waals surface area (Å²) < 4.78 is 0. The molecule has 1 saturated heterocycles. The lowest BCUT2D eigenvalue weighted by Gasteiger charge is -2.38. The molecule has 0 saturated carbocycles. The number of aromatic hydroxyl groups is 1. The number of phenols is 1. The van der Waals surface area contributed by atoms with Crippen LogP contribution < -0.4 is 5.32 Å². The van der Waals surface area contributed by atoms with Gasteiger partial charge in [0.25, 0.3) is 0 Å². The first-order valence-electron chi connectivity index (χ1n) is 6.70. The molecule has 17 heavy (non-hydrogen) atoms. The second-order valence-electron chi connectivity index (χ2n) is 5.41. The van der Waals surface area contributed by atoms with Crippen LogP contribution in [0.5, 0.6) is 5.75 Å². The van der Waals surface area contributed by atoms with E-state index in [1.54, 1.807) is 12.1 Å². The lowest BCUT2D eigenvalue weighted by Crippen LogP contribution is -2.46. The Morgan fingerprint density at radius 1 is 1.12 bits per heavy atom. The van der Waals surface area contributed by atoms with E-state index < -0.39 is 0 Å². The first-order chi connectivity index (χ1) is 8.15. The van der Waals surface area contributed by atoms with Crippen molar-refractivity contribution in [2.45, 2.75) is 45.1 Å². The topological polar surface area (TPSA) is 32.3 Å². The van der Waals surface area contributed by atoms with Crippen LogP contribution in [0.4, 0.5) is 0 Å². The van der Waals surface area contributed by atoms with E-state index in [2.05, 4.69) is 31.3 Å². The van der Waals surface area contributed by atoms with Gasteiger partial charge in [-0.3, -0.25) is 0 Å². The minimum atomic E-state index is 0.0875. The maximum absolute atomic E-state index is 9.41. The molecule has 0 amide bonds. The number of rotatable bonds is 2. The number of hydrogen-bond donors (Lipinski definition) is 2. The molecule has 1 aromatic rings. The molecule has 1 aliphatic rings. The van der Waals surface area contributed by atoms with Crippen molar-refractivity contribution in [3.63, 3.8) is 0 Å². The second kappa shape index (κ2) is 5.09. The zero-order valence-corrected chi connectivity index (χ0v) is 10.9. The predicted octanol–water partition coefficient (Wildman–Crippen LogP) is 3.41. The van der Waals surface area contributed by atoms with E-state index in [9.17, 15) is 5.11 Å². The van der Waals surface area contributed by atoms with Crippen molar-refractivity contribution < 1.29 is 5.11 Å². The number of nitrogens with one attached hydrogen (secondary N) is 1. The Hall–Kier alpha value is -1.02. The third-order valence-corrected chi connectivity index (χ3v) is 4.06. The van der Waals surface area contributed by atoms with Gasteiger partial charge in [-0.2, -0.15) is 0 Å². The van der Waals surface area contributed by atoms with Crippen LogP contribution in [-0.2, 0) is 5.54 Å². The summed E-state index contributed by atoms with van der Waals surface area (Å²) in [5.41, 5.74) is 1.40. The average molecular weight is 233 g/mol. The van der Waals surface area contributed by atoms with E-state index in [1.807, 2.05) is 0 Å². The first kappa shape index (κ1) is 12.4. The van der Waals surface area contributed by atoms with Crippen LogP contribution >= 0.6 is 0 Å². The van der Waals surface area contributed by atoms with E-state index in [1.165, 1.54) is 31.2 Å². The molecular formula is C15H23NO. The van der Waals surface area contributed by atoms with Crippen molar-refractivity contribution in [2.75, 3.05) is 6.54 Å². The Kier molecular flexibility index (Phi) is 3.72. The van der Waals surface area contributed by atoms with Gasteiger partial charge in [-0.15, -0.1) is 0 Å². The fourth-order valence-corrected chi connectivity index (χ4v) is 2.94. The van der Waals surface area contributed by atoms with E-state index >= 15 is 0 Å². The Morgan fingerprint density at radius 3 is 2.47 bits per heavy atom. The van der Waals surface area contributed by atoms with Crippen molar-refractivity contribution in [2.24, 2.45) is 5.92 Å². The van der Waals surface area contributed by atoms with Crippen LogP contribution in [-0.4, -0.2) is 11.7 Å². The van der Waals surface area contributed by atoms with E-state index in [4.69, 9.17) is 0 Å². The van der Waals surface area contributed by atoms with Gasteiger partial charge in [0.15, 0.2) is 0 Å². The average Bonchev–Trinajstić information content (AvgIpc) is 2.56. The maximum atomic E-state index is 9.41. The highest BCUT2D eigenvalue weighted by atomic mass is 16.3. The van der Waals surface area contributed by atoms with Gasteiger partial charge < -0.3 is 10.4 Å². The monoisotopic (exact) mass is 233 g/mol.